The predicted octanol–water partition coefficient (Wildman–Crippen LogP) is 2.94. The highest BCUT2D eigenvalue weighted by atomic mass is 35.5. The highest BCUT2D eigenvalue weighted by molar-refractivity contribution is 7.91. The summed E-state index contributed by atoms with van der Waals surface area (Å²) in [6.45, 7) is 3.91. The highest BCUT2D eigenvalue weighted by Crippen LogP contribution is 2.22. The van der Waals surface area contributed by atoms with E-state index in [4.69, 9.17) is 17.0 Å². The minimum atomic E-state index is -4.03. The summed E-state index contributed by atoms with van der Waals surface area (Å²) in [6.07, 6.45) is 1.66. The zero-order chi connectivity index (χ0) is 20.9. The van der Waals surface area contributed by atoms with E-state index in [9.17, 15) is 13.2 Å². The lowest BCUT2D eigenvalue weighted by Gasteiger charge is -2.14. The van der Waals surface area contributed by atoms with Crippen molar-refractivity contribution in [2.24, 2.45) is 0 Å². The zero-order valence-electron chi connectivity index (χ0n) is 15.7. The molecule has 0 saturated carbocycles. The van der Waals surface area contributed by atoms with Crippen molar-refractivity contribution in [3.63, 3.8) is 0 Å². The molecular formula is C20H17ClN4O3S. The summed E-state index contributed by atoms with van der Waals surface area (Å²) < 4.78 is 29.2. The van der Waals surface area contributed by atoms with Gasteiger partial charge in [0.1, 0.15) is 21.7 Å². The number of fused-ring (bicyclic) bond motifs is 2. The number of hydrogen-bond donors (Lipinski definition) is 1. The van der Waals surface area contributed by atoms with Crippen molar-refractivity contribution >= 4 is 38.1 Å². The van der Waals surface area contributed by atoms with Crippen molar-refractivity contribution in [3.8, 4) is 0 Å². The van der Waals surface area contributed by atoms with E-state index in [2.05, 4.69) is 4.98 Å². The van der Waals surface area contributed by atoms with Gasteiger partial charge in [-0.05, 0) is 55.8 Å². The first-order valence-corrected chi connectivity index (χ1v) is 10.7. The average molecular weight is 429 g/mol. The molecule has 9 heteroatoms. The predicted molar refractivity (Wildman–Crippen MR) is 110 cm³/mol. The van der Waals surface area contributed by atoms with Gasteiger partial charge < -0.3 is 4.57 Å². The number of pyridine rings is 2. The number of sulfone groups is 1. The maximum absolute atomic E-state index is 13.2. The van der Waals surface area contributed by atoms with Gasteiger partial charge in [-0.2, -0.15) is 0 Å². The molecule has 3 aromatic heterocycles. The van der Waals surface area contributed by atoms with Gasteiger partial charge in [-0.25, -0.2) is 13.4 Å². The van der Waals surface area contributed by atoms with E-state index in [0.29, 0.717) is 10.7 Å². The molecule has 0 bridgehead atoms. The van der Waals surface area contributed by atoms with Crippen LogP contribution in [0.15, 0.2) is 63.2 Å². The molecular weight excluding hydrogens is 412 g/mol. The van der Waals surface area contributed by atoms with Crippen molar-refractivity contribution in [3.05, 3.63) is 75.1 Å². The molecule has 0 amide bonds. The first kappa shape index (κ1) is 19.4. The standard InChI is InChI=1S/C20H17ClN4O3S/c1-3-24-18(22)16(29(27,28)14-7-5-13(21)6-8-14)10-15-19(24)23-17-9-4-12(2)11-25(17)20(15)26/h4-11,22H,3H2,1-2H3. The van der Waals surface area contributed by atoms with Crippen molar-refractivity contribution < 1.29 is 8.42 Å². The van der Waals surface area contributed by atoms with Crippen LogP contribution in [0.3, 0.4) is 0 Å². The highest BCUT2D eigenvalue weighted by Gasteiger charge is 2.23. The molecule has 148 valence electrons. The number of nitrogens with zero attached hydrogens (tertiary/aromatic N) is 3. The third-order valence-corrected chi connectivity index (χ3v) is 6.78. The largest absolute Gasteiger partial charge is 0.310 e. The third kappa shape index (κ3) is 3.04. The van der Waals surface area contributed by atoms with Crippen LogP contribution in [0.4, 0.5) is 0 Å². The quantitative estimate of drug-likeness (QED) is 0.507. The maximum atomic E-state index is 13.2. The van der Waals surface area contributed by atoms with Crippen LogP contribution in [-0.2, 0) is 16.4 Å². The lowest BCUT2D eigenvalue weighted by Crippen LogP contribution is -2.29. The molecule has 0 radical (unpaired) electrons. The summed E-state index contributed by atoms with van der Waals surface area (Å²) in [5.74, 6) is 0. The molecule has 0 spiro atoms. The molecule has 0 saturated heterocycles. The molecule has 29 heavy (non-hydrogen) atoms. The molecule has 0 aliphatic carbocycles. The number of nitrogens with one attached hydrogen (secondary N) is 1. The van der Waals surface area contributed by atoms with E-state index >= 15 is 0 Å². The first-order valence-electron chi connectivity index (χ1n) is 8.86. The smallest absolute Gasteiger partial charge is 0.267 e. The Morgan fingerprint density at radius 2 is 1.83 bits per heavy atom. The lowest BCUT2D eigenvalue weighted by molar-refractivity contribution is 0.590. The fourth-order valence-electron chi connectivity index (χ4n) is 3.27. The Morgan fingerprint density at radius 1 is 1.14 bits per heavy atom. The van der Waals surface area contributed by atoms with E-state index in [1.165, 1.54) is 39.3 Å². The van der Waals surface area contributed by atoms with Crippen molar-refractivity contribution in [1.82, 2.24) is 14.0 Å². The molecule has 4 rings (SSSR count). The van der Waals surface area contributed by atoms with E-state index in [0.717, 1.165) is 5.56 Å². The average Bonchev–Trinajstić information content (AvgIpc) is 2.69. The van der Waals surface area contributed by atoms with Crippen LogP contribution < -0.4 is 11.0 Å². The molecule has 0 unspecified atom stereocenters. The Kier molecular flexibility index (Phi) is 4.55. The first-order chi connectivity index (χ1) is 13.7. The fourth-order valence-corrected chi connectivity index (χ4v) is 4.78. The van der Waals surface area contributed by atoms with Crippen LogP contribution in [0, 0.1) is 12.3 Å². The molecule has 3 heterocycles. The van der Waals surface area contributed by atoms with Crippen molar-refractivity contribution in [1.29, 1.82) is 5.41 Å². The van der Waals surface area contributed by atoms with Crippen LogP contribution in [-0.4, -0.2) is 22.4 Å². The van der Waals surface area contributed by atoms with Crippen LogP contribution >= 0.6 is 11.6 Å². The third-order valence-electron chi connectivity index (χ3n) is 4.75. The summed E-state index contributed by atoms with van der Waals surface area (Å²) >= 11 is 5.87. The number of halogens is 1. The number of aromatic nitrogens is 3. The Labute approximate surface area is 171 Å². The second kappa shape index (κ2) is 6.82. The molecule has 1 N–H and O–H groups in total. The molecule has 0 aliphatic heterocycles. The molecule has 0 fully saturated rings. The van der Waals surface area contributed by atoms with Crippen LogP contribution in [0.5, 0.6) is 0 Å². The Morgan fingerprint density at radius 3 is 2.48 bits per heavy atom. The lowest BCUT2D eigenvalue weighted by atomic mass is 10.2. The van der Waals surface area contributed by atoms with Gasteiger partial charge in [-0.1, -0.05) is 17.7 Å². The zero-order valence-corrected chi connectivity index (χ0v) is 17.3. The van der Waals surface area contributed by atoms with Crippen molar-refractivity contribution in [2.75, 3.05) is 0 Å². The number of hydrogen-bond acceptors (Lipinski definition) is 5. The fraction of sp³-hybridized carbons (Fsp3) is 0.150. The molecule has 7 nitrogen and oxygen atoms in total. The maximum Gasteiger partial charge on any atom is 0.267 e. The van der Waals surface area contributed by atoms with Gasteiger partial charge in [-0.3, -0.25) is 14.6 Å². The van der Waals surface area contributed by atoms with E-state index in [1.54, 1.807) is 19.2 Å². The normalized spacial score (nSPS) is 12.0. The summed E-state index contributed by atoms with van der Waals surface area (Å²) in [4.78, 5) is 17.4. The molecule has 4 aromatic rings. The van der Waals surface area contributed by atoms with Gasteiger partial charge in [0.25, 0.3) is 5.56 Å². The summed E-state index contributed by atoms with van der Waals surface area (Å²) in [7, 11) is -4.03. The van der Waals surface area contributed by atoms with Gasteiger partial charge in [0.05, 0.1) is 10.3 Å². The van der Waals surface area contributed by atoms with Crippen molar-refractivity contribution in [2.45, 2.75) is 30.2 Å². The van der Waals surface area contributed by atoms with Gasteiger partial charge in [0.15, 0.2) is 0 Å². The minimum absolute atomic E-state index is 0.00194. The van der Waals surface area contributed by atoms with Crippen LogP contribution in [0.25, 0.3) is 16.7 Å². The van der Waals surface area contributed by atoms with E-state index < -0.39 is 9.84 Å². The minimum Gasteiger partial charge on any atom is -0.310 e. The van der Waals surface area contributed by atoms with E-state index in [-0.39, 0.29) is 38.4 Å². The SMILES string of the molecule is CCn1c(=N)c(S(=O)(=O)c2ccc(Cl)cc2)cc2c(=O)n3cc(C)ccc3nc21. The summed E-state index contributed by atoms with van der Waals surface area (Å²) in [6, 6.07) is 10.5. The Bertz CT molecular complexity index is 1500. The number of rotatable bonds is 3. The topological polar surface area (TPSA) is 97.3 Å². The van der Waals surface area contributed by atoms with Gasteiger partial charge in [0, 0.05) is 17.8 Å². The molecule has 0 atom stereocenters. The van der Waals surface area contributed by atoms with Gasteiger partial charge in [-0.15, -0.1) is 0 Å². The van der Waals surface area contributed by atoms with Crippen LogP contribution in [0.1, 0.15) is 12.5 Å². The number of benzene rings is 1. The molecule has 0 aliphatic rings. The second-order valence-electron chi connectivity index (χ2n) is 6.65. The van der Waals surface area contributed by atoms with Gasteiger partial charge >= 0.3 is 0 Å². The number of aryl methyl sites for hydroxylation is 2. The van der Waals surface area contributed by atoms with Crippen LogP contribution in [0.2, 0.25) is 5.02 Å². The van der Waals surface area contributed by atoms with E-state index in [1.807, 2.05) is 13.0 Å². The Balaban J connectivity index is 2.13. The second-order valence-corrected chi connectivity index (χ2v) is 9.00. The van der Waals surface area contributed by atoms with Gasteiger partial charge in [0.2, 0.25) is 9.84 Å². The summed E-state index contributed by atoms with van der Waals surface area (Å²) in [5.41, 5.74) is 0.974. The Hall–Kier alpha value is -2.97. The molecule has 1 aromatic carbocycles. The summed E-state index contributed by atoms with van der Waals surface area (Å²) in [5, 5.41) is 9.04. The monoisotopic (exact) mass is 428 g/mol.